The summed E-state index contributed by atoms with van der Waals surface area (Å²) in [5.74, 6) is 0.843. The number of amides is 1. The molecule has 2 aromatic rings. The van der Waals surface area contributed by atoms with Crippen LogP contribution in [-0.2, 0) is 0 Å². The Bertz CT molecular complexity index is 918. The summed E-state index contributed by atoms with van der Waals surface area (Å²) in [4.78, 5) is 20.9. The first-order valence-corrected chi connectivity index (χ1v) is 11.5. The number of nitrogens with one attached hydrogen (secondary N) is 2. The van der Waals surface area contributed by atoms with Gasteiger partial charge < -0.3 is 15.2 Å². The highest BCUT2D eigenvalue weighted by Crippen LogP contribution is 2.31. The Balaban J connectivity index is 1.49. The zero-order chi connectivity index (χ0) is 21.3. The molecule has 5 nitrogen and oxygen atoms in total. The molecule has 4 rings (SSSR count). The van der Waals surface area contributed by atoms with Crippen LogP contribution in [0.5, 0.6) is 0 Å². The summed E-state index contributed by atoms with van der Waals surface area (Å²) < 4.78 is 0. The Morgan fingerprint density at radius 1 is 1.13 bits per heavy atom. The van der Waals surface area contributed by atoms with Gasteiger partial charge in [0.25, 0.3) is 5.91 Å². The first-order valence-electron chi connectivity index (χ1n) is 11.5. The van der Waals surface area contributed by atoms with Crippen LogP contribution in [0.1, 0.15) is 56.5 Å². The van der Waals surface area contributed by atoms with Crippen molar-refractivity contribution in [2.45, 2.75) is 52.6 Å². The molecule has 1 fully saturated rings. The van der Waals surface area contributed by atoms with Crippen molar-refractivity contribution in [3.63, 3.8) is 0 Å². The molecule has 1 unspecified atom stereocenters. The van der Waals surface area contributed by atoms with Gasteiger partial charge in [-0.2, -0.15) is 0 Å². The molecular formula is C25H36N4O. The molecule has 1 amide bonds. The van der Waals surface area contributed by atoms with E-state index in [9.17, 15) is 4.79 Å². The fourth-order valence-electron chi connectivity index (χ4n) is 4.87. The quantitative estimate of drug-likeness (QED) is 0.782. The minimum absolute atomic E-state index is 0.148. The van der Waals surface area contributed by atoms with Crippen molar-refractivity contribution >= 4 is 22.4 Å². The average Bonchev–Trinajstić information content (AvgIpc) is 3.16. The van der Waals surface area contributed by atoms with Crippen LogP contribution in [0.2, 0.25) is 0 Å². The van der Waals surface area contributed by atoms with Gasteiger partial charge in [0.2, 0.25) is 0 Å². The number of aromatic amines is 1. The van der Waals surface area contributed by atoms with Gasteiger partial charge in [-0.05, 0) is 50.3 Å². The molecule has 1 saturated heterocycles. The molecule has 5 heteroatoms. The van der Waals surface area contributed by atoms with E-state index in [0.29, 0.717) is 18.0 Å². The average molecular weight is 409 g/mol. The number of H-pyrrole nitrogens is 1. The van der Waals surface area contributed by atoms with Gasteiger partial charge in [-0.25, -0.2) is 0 Å². The van der Waals surface area contributed by atoms with Gasteiger partial charge in [0.1, 0.15) is 0 Å². The van der Waals surface area contributed by atoms with Gasteiger partial charge in [-0.15, -0.1) is 0 Å². The second-order valence-electron chi connectivity index (χ2n) is 9.55. The van der Waals surface area contributed by atoms with Crippen LogP contribution in [0, 0.1) is 5.92 Å². The number of nitrogens with zero attached hydrogens (tertiary/aromatic N) is 2. The van der Waals surface area contributed by atoms with Gasteiger partial charge in [-0.1, -0.05) is 26.0 Å². The third kappa shape index (κ3) is 4.47. The van der Waals surface area contributed by atoms with Gasteiger partial charge in [0.05, 0.1) is 0 Å². The molecule has 0 aliphatic carbocycles. The number of aromatic nitrogens is 1. The topological polar surface area (TPSA) is 51.4 Å². The molecule has 2 aliphatic heterocycles. The Morgan fingerprint density at radius 2 is 1.90 bits per heavy atom. The van der Waals surface area contributed by atoms with Gasteiger partial charge in [-0.3, -0.25) is 9.69 Å². The molecule has 162 valence electrons. The lowest BCUT2D eigenvalue weighted by atomic mass is 9.90. The van der Waals surface area contributed by atoms with Crippen LogP contribution in [0.3, 0.4) is 0 Å². The first kappa shape index (κ1) is 21.1. The number of fused-ring (bicyclic) bond motifs is 1. The number of hydrogen-bond donors (Lipinski definition) is 2. The van der Waals surface area contributed by atoms with Crippen LogP contribution in [0.4, 0.5) is 0 Å². The number of piperazine rings is 1. The highest BCUT2D eigenvalue weighted by Gasteiger charge is 2.24. The Kier molecular flexibility index (Phi) is 6.30. The molecule has 0 spiro atoms. The molecular weight excluding hydrogens is 372 g/mol. The molecule has 2 N–H and O–H groups in total. The molecule has 1 aromatic carbocycles. The summed E-state index contributed by atoms with van der Waals surface area (Å²) in [6.07, 6.45) is 6.69. The highest BCUT2D eigenvalue weighted by atomic mass is 16.2. The molecule has 0 saturated carbocycles. The fourth-order valence-corrected chi connectivity index (χ4v) is 4.87. The van der Waals surface area contributed by atoms with Gasteiger partial charge in [0, 0.05) is 73.0 Å². The number of carbonyl (C=O) groups is 1. The smallest absolute Gasteiger partial charge is 0.254 e. The van der Waals surface area contributed by atoms with Crippen molar-refractivity contribution in [1.29, 1.82) is 0 Å². The van der Waals surface area contributed by atoms with Crippen molar-refractivity contribution in [1.82, 2.24) is 20.1 Å². The van der Waals surface area contributed by atoms with Crippen molar-refractivity contribution in [3.8, 4) is 0 Å². The Hall–Kier alpha value is -2.11. The Morgan fingerprint density at radius 3 is 2.60 bits per heavy atom. The normalized spacial score (nSPS) is 20.9. The Labute approximate surface area is 180 Å². The zero-order valence-corrected chi connectivity index (χ0v) is 18.9. The van der Waals surface area contributed by atoms with E-state index in [-0.39, 0.29) is 5.91 Å². The van der Waals surface area contributed by atoms with E-state index >= 15 is 0 Å². The van der Waals surface area contributed by atoms with Crippen molar-refractivity contribution in [3.05, 3.63) is 41.6 Å². The molecule has 0 radical (unpaired) electrons. The van der Waals surface area contributed by atoms with Crippen LogP contribution in [0.25, 0.3) is 16.5 Å². The van der Waals surface area contributed by atoms with E-state index < -0.39 is 0 Å². The standard InChI is InChI=1S/C25H36N4O/c1-17(2)13-21-14-19(7-8-26-21)23-16-27-24-15-20(5-6-22(23)24)25(30)29-11-9-28(10-12-29)18(3)4/h5-7,15-18,21,26-27H,8-14H2,1-4H3. The maximum Gasteiger partial charge on any atom is 0.254 e. The summed E-state index contributed by atoms with van der Waals surface area (Å²) >= 11 is 0. The second kappa shape index (κ2) is 8.94. The largest absolute Gasteiger partial charge is 0.361 e. The van der Waals surface area contributed by atoms with E-state index in [1.165, 1.54) is 22.9 Å². The van der Waals surface area contributed by atoms with Crippen molar-refractivity contribution in [2.75, 3.05) is 32.7 Å². The summed E-state index contributed by atoms with van der Waals surface area (Å²) in [5, 5.41) is 4.84. The molecule has 1 aromatic heterocycles. The molecule has 30 heavy (non-hydrogen) atoms. The van der Waals surface area contributed by atoms with Crippen LogP contribution in [0.15, 0.2) is 30.5 Å². The van der Waals surface area contributed by atoms with E-state index in [1.54, 1.807) is 0 Å². The summed E-state index contributed by atoms with van der Waals surface area (Å²) in [5.41, 5.74) is 4.53. The van der Waals surface area contributed by atoms with Crippen LogP contribution >= 0.6 is 0 Å². The number of rotatable bonds is 5. The van der Waals surface area contributed by atoms with E-state index in [2.05, 4.69) is 61.2 Å². The number of carbonyl (C=O) groups excluding carboxylic acids is 1. The monoisotopic (exact) mass is 408 g/mol. The van der Waals surface area contributed by atoms with Crippen molar-refractivity contribution < 1.29 is 4.79 Å². The maximum absolute atomic E-state index is 13.0. The number of benzene rings is 1. The minimum Gasteiger partial charge on any atom is -0.361 e. The third-order valence-electron chi connectivity index (χ3n) is 6.58. The first-order chi connectivity index (χ1) is 14.4. The van der Waals surface area contributed by atoms with Crippen LogP contribution in [-0.4, -0.2) is 65.5 Å². The molecule has 2 aliphatic rings. The lowest BCUT2D eigenvalue weighted by Gasteiger charge is -2.37. The minimum atomic E-state index is 0.148. The van der Waals surface area contributed by atoms with E-state index in [1.807, 2.05) is 17.0 Å². The molecule has 0 bridgehead atoms. The van der Waals surface area contributed by atoms with Gasteiger partial charge >= 0.3 is 0 Å². The lowest BCUT2D eigenvalue weighted by molar-refractivity contribution is 0.0595. The number of hydrogen-bond acceptors (Lipinski definition) is 3. The fraction of sp³-hybridized carbons (Fsp3) is 0.560. The summed E-state index contributed by atoms with van der Waals surface area (Å²) in [7, 11) is 0. The second-order valence-corrected chi connectivity index (χ2v) is 9.55. The highest BCUT2D eigenvalue weighted by molar-refractivity contribution is 6.00. The lowest BCUT2D eigenvalue weighted by Crippen LogP contribution is -2.50. The molecule has 3 heterocycles. The van der Waals surface area contributed by atoms with E-state index in [4.69, 9.17) is 0 Å². The SMILES string of the molecule is CC(C)CC1CC(c2c[nH]c3cc(C(=O)N4CCN(C(C)C)CC4)ccc23)=CCN1. The van der Waals surface area contributed by atoms with Crippen LogP contribution < -0.4 is 5.32 Å². The summed E-state index contributed by atoms with van der Waals surface area (Å²) in [6, 6.07) is 7.24. The summed E-state index contributed by atoms with van der Waals surface area (Å²) in [6.45, 7) is 13.5. The third-order valence-corrected chi connectivity index (χ3v) is 6.58. The van der Waals surface area contributed by atoms with Crippen molar-refractivity contribution in [2.24, 2.45) is 5.92 Å². The van der Waals surface area contributed by atoms with E-state index in [0.717, 1.165) is 50.2 Å². The maximum atomic E-state index is 13.0. The predicted molar refractivity (Wildman–Crippen MR) is 125 cm³/mol. The predicted octanol–water partition coefficient (Wildman–Crippen LogP) is 4.13. The van der Waals surface area contributed by atoms with Gasteiger partial charge in [0.15, 0.2) is 0 Å². The zero-order valence-electron chi connectivity index (χ0n) is 18.9. The molecule has 1 atom stereocenters.